The summed E-state index contributed by atoms with van der Waals surface area (Å²) >= 11 is 0. The Kier molecular flexibility index (Phi) is 5.62. The van der Waals surface area contributed by atoms with Crippen LogP contribution in [0.1, 0.15) is 49.4 Å². The summed E-state index contributed by atoms with van der Waals surface area (Å²) in [6, 6.07) is 5.62. The Bertz CT molecular complexity index is 481. The summed E-state index contributed by atoms with van der Waals surface area (Å²) in [6.07, 6.45) is 6.17. The average molecular weight is 291 g/mol. The molecule has 0 spiro atoms. The lowest BCUT2D eigenvalue weighted by atomic mass is 9.94. The van der Waals surface area contributed by atoms with E-state index in [9.17, 15) is 4.79 Å². The number of ether oxygens (including phenoxy) is 2. The number of hydrogen-bond donors (Lipinski definition) is 1. The van der Waals surface area contributed by atoms with Crippen molar-refractivity contribution in [2.75, 3.05) is 14.2 Å². The quantitative estimate of drug-likeness (QED) is 0.818. The van der Waals surface area contributed by atoms with Crippen LogP contribution in [0.15, 0.2) is 18.2 Å². The number of rotatable bonds is 6. The first-order chi connectivity index (χ1) is 10.2. The maximum absolute atomic E-state index is 12.5. The molecule has 0 aliphatic heterocycles. The second-order valence-electron chi connectivity index (χ2n) is 5.66. The van der Waals surface area contributed by atoms with Crippen LogP contribution < -0.4 is 14.8 Å². The van der Waals surface area contributed by atoms with Crippen molar-refractivity contribution in [3.05, 3.63) is 23.8 Å². The van der Waals surface area contributed by atoms with Crippen molar-refractivity contribution in [2.45, 2.75) is 51.1 Å². The molecule has 1 fully saturated rings. The largest absolute Gasteiger partial charge is 0.493 e. The molecule has 1 atom stereocenters. The van der Waals surface area contributed by atoms with Crippen LogP contribution in [-0.2, 0) is 0 Å². The lowest BCUT2D eigenvalue weighted by molar-refractivity contribution is 0.0940. The average Bonchev–Trinajstić information content (AvgIpc) is 2.54. The topological polar surface area (TPSA) is 47.6 Å². The number of ketones is 1. The lowest BCUT2D eigenvalue weighted by Gasteiger charge is -2.26. The van der Waals surface area contributed by atoms with Crippen molar-refractivity contribution in [3.63, 3.8) is 0 Å². The van der Waals surface area contributed by atoms with E-state index < -0.39 is 0 Å². The first-order valence-corrected chi connectivity index (χ1v) is 7.68. The molecular weight excluding hydrogens is 266 g/mol. The molecular formula is C17H25NO3. The van der Waals surface area contributed by atoms with Crippen molar-refractivity contribution in [2.24, 2.45) is 0 Å². The summed E-state index contributed by atoms with van der Waals surface area (Å²) in [5.41, 5.74) is 0.656. The number of nitrogens with one attached hydrogen (secondary N) is 1. The highest BCUT2D eigenvalue weighted by Gasteiger charge is 2.21. The minimum Gasteiger partial charge on any atom is -0.493 e. The summed E-state index contributed by atoms with van der Waals surface area (Å²) in [4.78, 5) is 12.5. The van der Waals surface area contributed by atoms with Crippen LogP contribution in [0.3, 0.4) is 0 Å². The standard InChI is InChI=1S/C17H25NO3/c1-12(18-14-7-5-4-6-8-14)17(19)13-9-10-15(20-2)16(11-13)21-3/h9-12,14,18H,4-8H2,1-3H3. The highest BCUT2D eigenvalue weighted by Crippen LogP contribution is 2.28. The molecule has 0 bridgehead atoms. The van der Waals surface area contributed by atoms with Gasteiger partial charge in [0.15, 0.2) is 17.3 Å². The van der Waals surface area contributed by atoms with Gasteiger partial charge in [-0.25, -0.2) is 0 Å². The number of carbonyl (C=O) groups is 1. The van der Waals surface area contributed by atoms with Gasteiger partial charge >= 0.3 is 0 Å². The molecule has 0 radical (unpaired) electrons. The number of benzene rings is 1. The van der Waals surface area contributed by atoms with Crippen LogP contribution in [-0.4, -0.2) is 32.1 Å². The Morgan fingerprint density at radius 3 is 2.43 bits per heavy atom. The molecule has 0 amide bonds. The van der Waals surface area contributed by atoms with Crippen LogP contribution in [0, 0.1) is 0 Å². The smallest absolute Gasteiger partial charge is 0.179 e. The van der Waals surface area contributed by atoms with Crippen molar-refractivity contribution in [1.29, 1.82) is 0 Å². The van der Waals surface area contributed by atoms with E-state index in [4.69, 9.17) is 9.47 Å². The normalized spacial score (nSPS) is 17.3. The van der Waals surface area contributed by atoms with Crippen LogP contribution in [0.4, 0.5) is 0 Å². The molecule has 1 aliphatic carbocycles. The van der Waals surface area contributed by atoms with Gasteiger partial charge in [-0.2, -0.15) is 0 Å². The van der Waals surface area contributed by atoms with E-state index in [2.05, 4.69) is 5.32 Å². The third kappa shape index (κ3) is 3.97. The Hall–Kier alpha value is -1.55. The monoisotopic (exact) mass is 291 g/mol. The van der Waals surface area contributed by atoms with E-state index in [1.54, 1.807) is 32.4 Å². The minimum absolute atomic E-state index is 0.0986. The van der Waals surface area contributed by atoms with Gasteiger partial charge in [-0.1, -0.05) is 19.3 Å². The molecule has 116 valence electrons. The van der Waals surface area contributed by atoms with Gasteiger partial charge in [0.05, 0.1) is 20.3 Å². The molecule has 0 heterocycles. The van der Waals surface area contributed by atoms with Gasteiger partial charge in [0, 0.05) is 11.6 Å². The number of hydrogen-bond acceptors (Lipinski definition) is 4. The Labute approximate surface area is 126 Å². The molecule has 2 rings (SSSR count). The number of carbonyl (C=O) groups excluding carboxylic acids is 1. The van der Waals surface area contributed by atoms with Gasteiger partial charge in [-0.15, -0.1) is 0 Å². The predicted molar refractivity (Wildman–Crippen MR) is 83.3 cm³/mol. The summed E-state index contributed by atoms with van der Waals surface area (Å²) in [5, 5.41) is 3.46. The highest BCUT2D eigenvalue weighted by atomic mass is 16.5. The van der Waals surface area contributed by atoms with E-state index in [0.717, 1.165) is 0 Å². The van der Waals surface area contributed by atoms with Crippen LogP contribution in [0.2, 0.25) is 0 Å². The van der Waals surface area contributed by atoms with Crippen LogP contribution in [0.25, 0.3) is 0 Å². The summed E-state index contributed by atoms with van der Waals surface area (Å²) < 4.78 is 10.5. The van der Waals surface area contributed by atoms with Gasteiger partial charge in [0.25, 0.3) is 0 Å². The number of Topliss-reactive ketones (excluding diaryl/α,β-unsaturated/α-hetero) is 1. The molecule has 4 nitrogen and oxygen atoms in total. The molecule has 1 N–H and O–H groups in total. The fourth-order valence-electron chi connectivity index (χ4n) is 2.94. The first-order valence-electron chi connectivity index (χ1n) is 7.68. The van der Waals surface area contributed by atoms with E-state index >= 15 is 0 Å². The van der Waals surface area contributed by atoms with Crippen LogP contribution in [0.5, 0.6) is 11.5 Å². The molecule has 1 aliphatic rings. The second kappa shape index (κ2) is 7.46. The fourth-order valence-corrected chi connectivity index (χ4v) is 2.94. The van der Waals surface area contributed by atoms with E-state index in [1.807, 2.05) is 6.92 Å². The SMILES string of the molecule is COc1ccc(C(=O)C(C)NC2CCCCC2)cc1OC. The number of methoxy groups -OCH3 is 2. The van der Waals surface area contributed by atoms with Gasteiger partial charge in [0.1, 0.15) is 0 Å². The summed E-state index contributed by atoms with van der Waals surface area (Å²) in [5.74, 6) is 1.33. The zero-order valence-electron chi connectivity index (χ0n) is 13.1. The van der Waals surface area contributed by atoms with Crippen molar-refractivity contribution < 1.29 is 14.3 Å². The van der Waals surface area contributed by atoms with Gasteiger partial charge in [-0.3, -0.25) is 4.79 Å². The van der Waals surface area contributed by atoms with Crippen LogP contribution >= 0.6 is 0 Å². The molecule has 0 aromatic heterocycles. The molecule has 21 heavy (non-hydrogen) atoms. The molecule has 0 saturated heterocycles. The molecule has 1 aromatic carbocycles. The van der Waals surface area contributed by atoms with Gasteiger partial charge < -0.3 is 14.8 Å². The first kappa shape index (κ1) is 15.8. The fraction of sp³-hybridized carbons (Fsp3) is 0.588. The Balaban J connectivity index is 2.04. The van der Waals surface area contributed by atoms with Crippen molar-refractivity contribution in [1.82, 2.24) is 5.32 Å². The Morgan fingerprint density at radius 1 is 1.14 bits per heavy atom. The zero-order valence-corrected chi connectivity index (χ0v) is 13.1. The predicted octanol–water partition coefficient (Wildman–Crippen LogP) is 3.20. The molecule has 1 unspecified atom stereocenters. The van der Waals surface area contributed by atoms with E-state index in [-0.39, 0.29) is 11.8 Å². The second-order valence-corrected chi connectivity index (χ2v) is 5.66. The third-order valence-corrected chi connectivity index (χ3v) is 4.15. The van der Waals surface area contributed by atoms with E-state index in [0.29, 0.717) is 23.1 Å². The Morgan fingerprint density at radius 2 is 1.81 bits per heavy atom. The molecule has 1 saturated carbocycles. The maximum Gasteiger partial charge on any atom is 0.179 e. The summed E-state index contributed by atoms with van der Waals surface area (Å²) in [6.45, 7) is 1.94. The highest BCUT2D eigenvalue weighted by molar-refractivity contribution is 6.00. The summed E-state index contributed by atoms with van der Waals surface area (Å²) in [7, 11) is 3.17. The minimum atomic E-state index is -0.175. The van der Waals surface area contributed by atoms with Crippen molar-refractivity contribution in [3.8, 4) is 11.5 Å². The lowest BCUT2D eigenvalue weighted by Crippen LogP contribution is -2.42. The third-order valence-electron chi connectivity index (χ3n) is 4.15. The molecule has 4 heteroatoms. The van der Waals surface area contributed by atoms with E-state index in [1.165, 1.54) is 32.1 Å². The zero-order chi connectivity index (χ0) is 15.2. The van der Waals surface area contributed by atoms with Gasteiger partial charge in [0.2, 0.25) is 0 Å². The van der Waals surface area contributed by atoms with Gasteiger partial charge in [-0.05, 0) is 38.0 Å². The maximum atomic E-state index is 12.5. The van der Waals surface area contributed by atoms with Crippen molar-refractivity contribution >= 4 is 5.78 Å². The molecule has 1 aromatic rings.